The number of amides is 2. The molecule has 0 bridgehead atoms. The molecule has 3 aliphatic rings. The molecular weight excluding hydrogens is 390 g/mol. The topological polar surface area (TPSA) is 53.1 Å². The number of likely N-dealkylation sites (tertiary alicyclic amines) is 1. The van der Waals surface area contributed by atoms with Crippen molar-refractivity contribution >= 4 is 11.8 Å². The summed E-state index contributed by atoms with van der Waals surface area (Å²) in [6.45, 7) is 6.97. The van der Waals surface area contributed by atoms with Gasteiger partial charge in [0.2, 0.25) is 5.91 Å². The van der Waals surface area contributed by atoms with Crippen molar-refractivity contribution in [3.8, 4) is 5.75 Å². The number of hydrogen-bond donors (Lipinski definition) is 0. The van der Waals surface area contributed by atoms with Crippen LogP contribution in [0.15, 0.2) is 24.3 Å². The van der Waals surface area contributed by atoms with E-state index in [0.29, 0.717) is 36.2 Å². The fourth-order valence-corrected chi connectivity index (χ4v) is 5.49. The van der Waals surface area contributed by atoms with E-state index < -0.39 is 0 Å². The van der Waals surface area contributed by atoms with Crippen molar-refractivity contribution < 1.29 is 14.3 Å². The lowest BCUT2D eigenvalue weighted by molar-refractivity contribution is -0.141. The first-order valence-electron chi connectivity index (χ1n) is 12.0. The molecule has 1 aromatic carbocycles. The van der Waals surface area contributed by atoms with E-state index in [1.54, 1.807) is 13.2 Å². The molecule has 1 saturated carbocycles. The molecule has 0 aromatic heterocycles. The maximum atomic E-state index is 13.6. The quantitative estimate of drug-likeness (QED) is 0.724. The molecule has 2 aliphatic heterocycles. The van der Waals surface area contributed by atoms with Crippen LogP contribution in [0.3, 0.4) is 0 Å². The van der Waals surface area contributed by atoms with Crippen LogP contribution in [0.25, 0.3) is 0 Å². The lowest BCUT2D eigenvalue weighted by Crippen LogP contribution is -2.59. The summed E-state index contributed by atoms with van der Waals surface area (Å²) in [6, 6.07) is 7.35. The van der Waals surface area contributed by atoms with Gasteiger partial charge in [-0.3, -0.25) is 14.5 Å². The smallest absolute Gasteiger partial charge is 0.254 e. The molecule has 0 spiro atoms. The first-order valence-corrected chi connectivity index (χ1v) is 12.0. The van der Waals surface area contributed by atoms with Gasteiger partial charge in [-0.05, 0) is 55.7 Å². The highest BCUT2D eigenvalue weighted by atomic mass is 16.5. The molecule has 1 atom stereocenters. The number of piperidine rings is 1. The highest BCUT2D eigenvalue weighted by Crippen LogP contribution is 2.33. The van der Waals surface area contributed by atoms with Crippen LogP contribution in [-0.2, 0) is 4.79 Å². The third kappa shape index (κ3) is 5.05. The van der Waals surface area contributed by atoms with Crippen molar-refractivity contribution in [3.63, 3.8) is 0 Å². The van der Waals surface area contributed by atoms with Gasteiger partial charge in [0.1, 0.15) is 5.75 Å². The summed E-state index contributed by atoms with van der Waals surface area (Å²) in [7, 11) is 1.62. The summed E-state index contributed by atoms with van der Waals surface area (Å²) in [6.07, 6.45) is 7.02. The maximum absolute atomic E-state index is 13.6. The first kappa shape index (κ1) is 22.1. The van der Waals surface area contributed by atoms with E-state index in [9.17, 15) is 9.59 Å². The molecule has 0 unspecified atom stereocenters. The van der Waals surface area contributed by atoms with Crippen LogP contribution in [0.4, 0.5) is 0 Å². The van der Waals surface area contributed by atoms with Crippen molar-refractivity contribution in [2.45, 2.75) is 51.5 Å². The Bertz CT molecular complexity index is 761. The molecule has 6 nitrogen and oxygen atoms in total. The van der Waals surface area contributed by atoms with Gasteiger partial charge in [0.25, 0.3) is 5.91 Å². The van der Waals surface area contributed by atoms with Crippen molar-refractivity contribution in [1.29, 1.82) is 0 Å². The Labute approximate surface area is 186 Å². The molecule has 0 N–H and O–H groups in total. The van der Waals surface area contributed by atoms with Gasteiger partial charge in [0.05, 0.1) is 13.2 Å². The molecule has 0 radical (unpaired) electrons. The third-order valence-electron chi connectivity index (χ3n) is 7.51. The fourth-order valence-electron chi connectivity index (χ4n) is 5.49. The minimum absolute atomic E-state index is 0.00928. The van der Waals surface area contributed by atoms with Crippen molar-refractivity contribution in [1.82, 2.24) is 14.7 Å². The molecule has 4 rings (SSSR count). The van der Waals surface area contributed by atoms with Crippen molar-refractivity contribution in [2.24, 2.45) is 11.8 Å². The molecule has 170 valence electrons. The van der Waals surface area contributed by atoms with Gasteiger partial charge in [-0.25, -0.2) is 0 Å². The number of methoxy groups -OCH3 is 1. The number of piperazine rings is 1. The second-order valence-corrected chi connectivity index (χ2v) is 9.56. The normalized spacial score (nSPS) is 22.5. The van der Waals surface area contributed by atoms with E-state index >= 15 is 0 Å². The zero-order chi connectivity index (χ0) is 21.8. The number of rotatable bonds is 5. The summed E-state index contributed by atoms with van der Waals surface area (Å²) in [4.78, 5) is 33.0. The average Bonchev–Trinajstić information content (AvgIpc) is 3.34. The predicted octanol–water partition coefficient (Wildman–Crippen LogP) is 3.27. The van der Waals surface area contributed by atoms with Crippen molar-refractivity contribution in [3.05, 3.63) is 29.8 Å². The van der Waals surface area contributed by atoms with Gasteiger partial charge >= 0.3 is 0 Å². The van der Waals surface area contributed by atoms with E-state index in [1.807, 2.05) is 23.1 Å². The van der Waals surface area contributed by atoms with Crippen LogP contribution in [0.5, 0.6) is 5.75 Å². The Morgan fingerprint density at radius 1 is 0.935 bits per heavy atom. The van der Waals surface area contributed by atoms with Gasteiger partial charge in [-0.15, -0.1) is 0 Å². The second kappa shape index (κ2) is 10.0. The standard InChI is InChI=1S/C25H37N3O3/c1-19-10-12-27(13-11-19)25(30)23(20-6-3-4-7-20)26-14-16-28(17-15-26)24(29)21-8-5-9-22(18-21)31-2/h5,8-9,18-20,23H,3-4,6-7,10-17H2,1-2H3/t23-/m0/s1. The van der Waals surface area contributed by atoms with Gasteiger partial charge in [-0.2, -0.15) is 0 Å². The number of nitrogens with zero attached hydrogens (tertiary/aromatic N) is 3. The molecular formula is C25H37N3O3. The van der Waals surface area contributed by atoms with E-state index in [2.05, 4.69) is 16.7 Å². The minimum Gasteiger partial charge on any atom is -0.497 e. The van der Waals surface area contributed by atoms with E-state index in [0.717, 1.165) is 57.8 Å². The number of carbonyl (C=O) groups excluding carboxylic acids is 2. The summed E-state index contributed by atoms with van der Waals surface area (Å²) >= 11 is 0. The number of carbonyl (C=O) groups is 2. The summed E-state index contributed by atoms with van der Waals surface area (Å²) in [5.41, 5.74) is 0.665. The molecule has 3 fully saturated rings. The Balaban J connectivity index is 1.41. The summed E-state index contributed by atoms with van der Waals surface area (Å²) in [5, 5.41) is 0. The molecule has 31 heavy (non-hydrogen) atoms. The molecule has 2 heterocycles. The minimum atomic E-state index is -0.00928. The fraction of sp³-hybridized carbons (Fsp3) is 0.680. The molecule has 2 amide bonds. The van der Waals surface area contributed by atoms with Gasteiger partial charge < -0.3 is 14.5 Å². The van der Waals surface area contributed by atoms with Crippen LogP contribution >= 0.6 is 0 Å². The first-order chi connectivity index (χ1) is 15.1. The number of benzene rings is 1. The monoisotopic (exact) mass is 427 g/mol. The highest BCUT2D eigenvalue weighted by molar-refractivity contribution is 5.94. The Morgan fingerprint density at radius 2 is 1.61 bits per heavy atom. The van der Waals surface area contributed by atoms with E-state index in [4.69, 9.17) is 4.74 Å². The second-order valence-electron chi connectivity index (χ2n) is 9.56. The van der Waals surface area contributed by atoms with Crippen LogP contribution < -0.4 is 4.74 Å². The van der Waals surface area contributed by atoms with Crippen LogP contribution in [0.1, 0.15) is 55.8 Å². The molecule has 2 saturated heterocycles. The summed E-state index contributed by atoms with van der Waals surface area (Å²) in [5.74, 6) is 2.28. The third-order valence-corrected chi connectivity index (χ3v) is 7.51. The molecule has 6 heteroatoms. The molecule has 1 aromatic rings. The Kier molecular flexibility index (Phi) is 7.16. The lowest BCUT2D eigenvalue weighted by Gasteiger charge is -2.43. The van der Waals surface area contributed by atoms with Crippen LogP contribution in [-0.4, -0.2) is 78.9 Å². The maximum Gasteiger partial charge on any atom is 0.254 e. The lowest BCUT2D eigenvalue weighted by atomic mass is 9.92. The van der Waals surface area contributed by atoms with Crippen LogP contribution in [0.2, 0.25) is 0 Å². The average molecular weight is 428 g/mol. The largest absolute Gasteiger partial charge is 0.497 e. The highest BCUT2D eigenvalue weighted by Gasteiger charge is 2.39. The number of hydrogen-bond acceptors (Lipinski definition) is 4. The zero-order valence-electron chi connectivity index (χ0n) is 19.1. The van der Waals surface area contributed by atoms with Gasteiger partial charge in [0, 0.05) is 44.8 Å². The Morgan fingerprint density at radius 3 is 2.26 bits per heavy atom. The Hall–Kier alpha value is -2.08. The molecule has 1 aliphatic carbocycles. The van der Waals surface area contributed by atoms with Gasteiger partial charge in [0.15, 0.2) is 0 Å². The van der Waals surface area contributed by atoms with E-state index in [-0.39, 0.29) is 11.9 Å². The number of ether oxygens (including phenoxy) is 1. The van der Waals surface area contributed by atoms with E-state index in [1.165, 1.54) is 12.8 Å². The zero-order valence-corrected chi connectivity index (χ0v) is 19.1. The van der Waals surface area contributed by atoms with Crippen LogP contribution in [0, 0.1) is 11.8 Å². The summed E-state index contributed by atoms with van der Waals surface area (Å²) < 4.78 is 5.27. The predicted molar refractivity (Wildman–Crippen MR) is 121 cm³/mol. The van der Waals surface area contributed by atoms with Gasteiger partial charge in [-0.1, -0.05) is 25.8 Å². The SMILES string of the molecule is COc1cccc(C(=O)N2CCN([C@H](C(=O)N3CCC(C)CC3)C3CCCC3)CC2)c1. The van der Waals surface area contributed by atoms with Crippen molar-refractivity contribution in [2.75, 3.05) is 46.4 Å².